The van der Waals surface area contributed by atoms with Gasteiger partial charge in [-0.15, -0.1) is 21.5 Å². The first-order valence-electron chi connectivity index (χ1n) is 6.84. The van der Waals surface area contributed by atoms with Crippen molar-refractivity contribution in [1.82, 2.24) is 15.1 Å². The van der Waals surface area contributed by atoms with Crippen LogP contribution in [0.25, 0.3) is 0 Å². The van der Waals surface area contributed by atoms with E-state index in [0.29, 0.717) is 18.2 Å². The molecule has 0 saturated carbocycles. The van der Waals surface area contributed by atoms with Crippen molar-refractivity contribution in [3.8, 4) is 0 Å². The SMILES string of the molecule is CCCC(=O)N1CCC(c2nnc(CC)s2)CC1. The third-order valence-electron chi connectivity index (χ3n) is 3.45. The van der Waals surface area contributed by atoms with Crippen LogP contribution in [0.5, 0.6) is 0 Å². The van der Waals surface area contributed by atoms with Crippen molar-refractivity contribution >= 4 is 17.2 Å². The molecule has 1 aromatic rings. The van der Waals surface area contributed by atoms with Crippen molar-refractivity contribution in [2.24, 2.45) is 0 Å². The van der Waals surface area contributed by atoms with Crippen molar-refractivity contribution in [3.05, 3.63) is 10.0 Å². The lowest BCUT2D eigenvalue weighted by Crippen LogP contribution is -2.37. The number of aromatic nitrogens is 2. The highest BCUT2D eigenvalue weighted by atomic mass is 32.1. The molecule has 18 heavy (non-hydrogen) atoms. The average molecular weight is 267 g/mol. The van der Waals surface area contributed by atoms with Gasteiger partial charge in [0.05, 0.1) is 0 Å². The first-order chi connectivity index (χ1) is 8.74. The Morgan fingerprint density at radius 1 is 1.33 bits per heavy atom. The minimum Gasteiger partial charge on any atom is -0.343 e. The smallest absolute Gasteiger partial charge is 0.222 e. The lowest BCUT2D eigenvalue weighted by molar-refractivity contribution is -0.132. The number of likely N-dealkylation sites (tertiary alicyclic amines) is 1. The van der Waals surface area contributed by atoms with E-state index in [1.54, 1.807) is 11.3 Å². The number of hydrogen-bond acceptors (Lipinski definition) is 4. The van der Waals surface area contributed by atoms with Crippen LogP contribution in [0.2, 0.25) is 0 Å². The summed E-state index contributed by atoms with van der Waals surface area (Å²) in [5.74, 6) is 0.816. The highest BCUT2D eigenvalue weighted by Gasteiger charge is 2.25. The van der Waals surface area contributed by atoms with Gasteiger partial charge in [-0.25, -0.2) is 0 Å². The summed E-state index contributed by atoms with van der Waals surface area (Å²) in [6.07, 6.45) is 4.66. The van der Waals surface area contributed by atoms with E-state index < -0.39 is 0 Å². The molecule has 1 aliphatic heterocycles. The molecule has 0 atom stereocenters. The molecule has 1 fully saturated rings. The summed E-state index contributed by atoms with van der Waals surface area (Å²) in [4.78, 5) is 13.8. The van der Waals surface area contributed by atoms with Crippen molar-refractivity contribution in [3.63, 3.8) is 0 Å². The summed E-state index contributed by atoms with van der Waals surface area (Å²) < 4.78 is 0. The van der Waals surface area contributed by atoms with Crippen molar-refractivity contribution in [2.75, 3.05) is 13.1 Å². The lowest BCUT2D eigenvalue weighted by atomic mass is 9.97. The van der Waals surface area contributed by atoms with E-state index in [0.717, 1.165) is 48.8 Å². The second-order valence-electron chi connectivity index (χ2n) is 4.79. The third-order valence-corrected chi connectivity index (χ3v) is 4.68. The Morgan fingerprint density at radius 2 is 2.06 bits per heavy atom. The highest BCUT2D eigenvalue weighted by molar-refractivity contribution is 7.11. The van der Waals surface area contributed by atoms with E-state index in [9.17, 15) is 4.79 Å². The predicted molar refractivity (Wildman–Crippen MR) is 72.8 cm³/mol. The summed E-state index contributed by atoms with van der Waals surface area (Å²) in [6.45, 7) is 5.92. The standard InChI is InChI=1S/C13H21N3OS/c1-3-5-12(17)16-8-6-10(7-9-16)13-15-14-11(4-2)18-13/h10H,3-9H2,1-2H3. The number of amides is 1. The molecular weight excluding hydrogens is 246 g/mol. The van der Waals surface area contributed by atoms with Crippen molar-refractivity contribution in [2.45, 2.75) is 51.9 Å². The Morgan fingerprint density at radius 3 is 2.61 bits per heavy atom. The third kappa shape index (κ3) is 3.07. The van der Waals surface area contributed by atoms with Crippen LogP contribution in [0.15, 0.2) is 0 Å². The van der Waals surface area contributed by atoms with Crippen LogP contribution >= 0.6 is 11.3 Å². The Hall–Kier alpha value is -0.970. The molecule has 0 aromatic carbocycles. The van der Waals surface area contributed by atoms with E-state index in [2.05, 4.69) is 24.0 Å². The monoisotopic (exact) mass is 267 g/mol. The van der Waals surface area contributed by atoms with E-state index >= 15 is 0 Å². The number of piperidine rings is 1. The van der Waals surface area contributed by atoms with E-state index in [-0.39, 0.29) is 0 Å². The largest absolute Gasteiger partial charge is 0.343 e. The summed E-state index contributed by atoms with van der Waals surface area (Å²) in [6, 6.07) is 0. The number of carbonyl (C=O) groups is 1. The molecule has 1 aromatic heterocycles. The average Bonchev–Trinajstić information content (AvgIpc) is 2.88. The molecule has 0 bridgehead atoms. The minimum absolute atomic E-state index is 0.308. The van der Waals surface area contributed by atoms with Crippen LogP contribution in [0.1, 0.15) is 55.5 Å². The topological polar surface area (TPSA) is 46.1 Å². The Kier molecular flexibility index (Phi) is 4.69. The first kappa shape index (κ1) is 13.5. The predicted octanol–water partition coefficient (Wildman–Crippen LogP) is 2.61. The van der Waals surface area contributed by atoms with Gasteiger partial charge in [0.1, 0.15) is 10.0 Å². The van der Waals surface area contributed by atoms with Crippen LogP contribution in [0.4, 0.5) is 0 Å². The van der Waals surface area contributed by atoms with Gasteiger partial charge in [-0.05, 0) is 25.7 Å². The zero-order chi connectivity index (χ0) is 13.0. The number of hydrogen-bond donors (Lipinski definition) is 0. The molecule has 2 heterocycles. The van der Waals surface area contributed by atoms with Gasteiger partial charge in [-0.2, -0.15) is 0 Å². The molecular formula is C13H21N3OS. The number of aryl methyl sites for hydroxylation is 1. The fourth-order valence-electron chi connectivity index (χ4n) is 2.32. The van der Waals surface area contributed by atoms with Crippen LogP contribution in [0.3, 0.4) is 0 Å². The van der Waals surface area contributed by atoms with E-state index in [1.807, 2.05) is 4.90 Å². The molecule has 2 rings (SSSR count). The molecule has 4 nitrogen and oxygen atoms in total. The number of carbonyl (C=O) groups excluding carboxylic acids is 1. The summed E-state index contributed by atoms with van der Waals surface area (Å²) >= 11 is 1.73. The quantitative estimate of drug-likeness (QED) is 0.842. The molecule has 0 unspecified atom stereocenters. The minimum atomic E-state index is 0.308. The first-order valence-corrected chi connectivity index (χ1v) is 7.66. The van der Waals surface area contributed by atoms with Gasteiger partial charge < -0.3 is 4.90 Å². The second kappa shape index (κ2) is 6.27. The maximum absolute atomic E-state index is 11.8. The molecule has 1 amide bonds. The van der Waals surface area contributed by atoms with Gasteiger partial charge >= 0.3 is 0 Å². The van der Waals surface area contributed by atoms with E-state index in [4.69, 9.17) is 0 Å². The van der Waals surface area contributed by atoms with Crippen molar-refractivity contribution < 1.29 is 4.79 Å². The molecule has 0 aliphatic carbocycles. The Labute approximate surface area is 112 Å². The van der Waals surface area contributed by atoms with Gasteiger partial charge in [0, 0.05) is 25.4 Å². The molecule has 1 saturated heterocycles. The molecule has 0 radical (unpaired) electrons. The van der Waals surface area contributed by atoms with Crippen LogP contribution in [-0.2, 0) is 11.2 Å². The van der Waals surface area contributed by atoms with Crippen molar-refractivity contribution in [1.29, 1.82) is 0 Å². The van der Waals surface area contributed by atoms with E-state index in [1.165, 1.54) is 0 Å². The molecule has 5 heteroatoms. The molecule has 0 spiro atoms. The van der Waals surface area contributed by atoms with Gasteiger partial charge in [-0.1, -0.05) is 13.8 Å². The Bertz CT molecular complexity index is 397. The fraction of sp³-hybridized carbons (Fsp3) is 0.769. The number of nitrogens with zero attached hydrogens (tertiary/aromatic N) is 3. The molecule has 0 N–H and O–H groups in total. The second-order valence-corrected chi connectivity index (χ2v) is 5.89. The van der Waals surface area contributed by atoms with Crippen LogP contribution in [0, 0.1) is 0 Å². The van der Waals surface area contributed by atoms with Crippen LogP contribution < -0.4 is 0 Å². The maximum Gasteiger partial charge on any atom is 0.222 e. The summed E-state index contributed by atoms with van der Waals surface area (Å²) in [7, 11) is 0. The van der Waals surface area contributed by atoms with Gasteiger partial charge in [-0.3, -0.25) is 4.79 Å². The van der Waals surface area contributed by atoms with Gasteiger partial charge in [0.2, 0.25) is 5.91 Å². The summed E-state index contributed by atoms with van der Waals surface area (Å²) in [5, 5.41) is 10.7. The van der Waals surface area contributed by atoms with Crippen LogP contribution in [-0.4, -0.2) is 34.1 Å². The highest BCUT2D eigenvalue weighted by Crippen LogP contribution is 2.30. The normalized spacial score (nSPS) is 17.1. The fourth-order valence-corrected chi connectivity index (χ4v) is 3.27. The van der Waals surface area contributed by atoms with Gasteiger partial charge in [0.15, 0.2) is 0 Å². The zero-order valence-corrected chi connectivity index (χ0v) is 12.0. The maximum atomic E-state index is 11.8. The molecule has 1 aliphatic rings. The Balaban J connectivity index is 1.88. The zero-order valence-electron chi connectivity index (χ0n) is 11.2. The summed E-state index contributed by atoms with van der Waals surface area (Å²) in [5.41, 5.74) is 0. The molecule has 100 valence electrons. The lowest BCUT2D eigenvalue weighted by Gasteiger charge is -2.30. The van der Waals surface area contributed by atoms with Gasteiger partial charge in [0.25, 0.3) is 0 Å². The number of rotatable bonds is 4.